The van der Waals surface area contributed by atoms with Gasteiger partial charge in [0.15, 0.2) is 0 Å². The van der Waals surface area contributed by atoms with Crippen LogP contribution in [0.1, 0.15) is 36.8 Å². The van der Waals surface area contributed by atoms with Gasteiger partial charge in [0, 0.05) is 31.4 Å². The van der Waals surface area contributed by atoms with E-state index in [-0.39, 0.29) is 12.6 Å². The minimum absolute atomic E-state index is 0.171. The fraction of sp³-hybridized carbons (Fsp3) is 0.435. The summed E-state index contributed by atoms with van der Waals surface area (Å²) in [6.07, 6.45) is 9.95. The van der Waals surface area contributed by atoms with E-state index in [0.29, 0.717) is 32.3 Å². The topological polar surface area (TPSA) is 101 Å². The maximum Gasteiger partial charge on any atom is 0.330 e. The Morgan fingerprint density at radius 1 is 0.968 bits per heavy atom. The van der Waals surface area contributed by atoms with Crippen molar-refractivity contribution in [3.8, 4) is 0 Å². The molecule has 2 aromatic heterocycles. The number of barbiturate groups is 1. The van der Waals surface area contributed by atoms with Crippen LogP contribution in [0.15, 0.2) is 49.1 Å². The van der Waals surface area contributed by atoms with Gasteiger partial charge in [0.25, 0.3) is 0 Å². The molecule has 2 aliphatic heterocycles. The fourth-order valence-corrected chi connectivity index (χ4v) is 4.27. The summed E-state index contributed by atoms with van der Waals surface area (Å²) in [6.45, 7) is 0.798. The SMILES string of the molecule is O=C1NC(=O)C(CCc2ccncc2)(CCc2ccncc2)C(=O)N1CC1CCCO1. The lowest BCUT2D eigenvalue weighted by Crippen LogP contribution is -2.65. The molecule has 0 spiro atoms. The van der Waals surface area contributed by atoms with Crippen LogP contribution in [0, 0.1) is 5.41 Å². The van der Waals surface area contributed by atoms with Gasteiger partial charge in [0.05, 0.1) is 12.6 Å². The van der Waals surface area contributed by atoms with Gasteiger partial charge in [-0.2, -0.15) is 0 Å². The molecule has 0 aromatic carbocycles. The second kappa shape index (κ2) is 9.34. The summed E-state index contributed by atoms with van der Waals surface area (Å²) >= 11 is 0. The number of carbonyl (C=O) groups excluding carboxylic acids is 3. The van der Waals surface area contributed by atoms with Crippen LogP contribution in [-0.2, 0) is 27.2 Å². The molecular formula is C23H26N4O4. The number of urea groups is 1. The molecule has 162 valence electrons. The largest absolute Gasteiger partial charge is 0.376 e. The van der Waals surface area contributed by atoms with Crippen LogP contribution in [0.5, 0.6) is 0 Å². The van der Waals surface area contributed by atoms with Gasteiger partial charge in [-0.05, 0) is 73.9 Å². The summed E-state index contributed by atoms with van der Waals surface area (Å²) in [5, 5.41) is 2.44. The van der Waals surface area contributed by atoms with E-state index in [0.717, 1.165) is 24.0 Å². The molecule has 1 atom stereocenters. The minimum Gasteiger partial charge on any atom is -0.376 e. The third-order valence-corrected chi connectivity index (χ3v) is 6.14. The highest BCUT2D eigenvalue weighted by Gasteiger charge is 2.53. The summed E-state index contributed by atoms with van der Waals surface area (Å²) in [4.78, 5) is 48.6. The first-order valence-corrected chi connectivity index (χ1v) is 10.7. The molecule has 0 aliphatic carbocycles. The number of rotatable bonds is 8. The third kappa shape index (κ3) is 4.64. The van der Waals surface area contributed by atoms with Gasteiger partial charge in [-0.15, -0.1) is 0 Å². The number of nitrogens with one attached hydrogen (secondary N) is 1. The molecule has 8 nitrogen and oxygen atoms in total. The lowest BCUT2D eigenvalue weighted by atomic mass is 9.74. The van der Waals surface area contributed by atoms with Crippen molar-refractivity contribution in [1.82, 2.24) is 20.2 Å². The highest BCUT2D eigenvalue weighted by molar-refractivity contribution is 6.19. The minimum atomic E-state index is -1.32. The van der Waals surface area contributed by atoms with Crippen molar-refractivity contribution in [2.24, 2.45) is 5.41 Å². The molecule has 4 rings (SSSR count). The second-order valence-corrected chi connectivity index (χ2v) is 8.10. The Hall–Kier alpha value is -3.13. The molecule has 8 heteroatoms. The molecule has 2 fully saturated rings. The first-order chi connectivity index (χ1) is 15.1. The number of carbonyl (C=O) groups is 3. The Bertz CT molecular complexity index is 886. The van der Waals surface area contributed by atoms with Crippen molar-refractivity contribution >= 4 is 17.8 Å². The summed E-state index contributed by atoms with van der Waals surface area (Å²) in [5.41, 5.74) is 0.655. The number of hydrogen-bond acceptors (Lipinski definition) is 6. The summed E-state index contributed by atoms with van der Waals surface area (Å²) < 4.78 is 5.63. The number of nitrogens with zero attached hydrogens (tertiary/aromatic N) is 3. The van der Waals surface area contributed by atoms with Gasteiger partial charge in [-0.3, -0.25) is 29.8 Å². The molecule has 1 N–H and O–H groups in total. The molecule has 0 radical (unpaired) electrons. The molecular weight excluding hydrogens is 396 g/mol. The molecule has 4 amide bonds. The van der Waals surface area contributed by atoms with Crippen molar-refractivity contribution in [1.29, 1.82) is 0 Å². The molecule has 4 heterocycles. The van der Waals surface area contributed by atoms with Gasteiger partial charge in [-0.1, -0.05) is 0 Å². The van der Waals surface area contributed by atoms with Crippen LogP contribution in [0.4, 0.5) is 4.79 Å². The zero-order valence-electron chi connectivity index (χ0n) is 17.3. The lowest BCUT2D eigenvalue weighted by Gasteiger charge is -2.40. The number of amides is 4. The Morgan fingerprint density at radius 2 is 1.55 bits per heavy atom. The molecule has 1 unspecified atom stereocenters. The van der Waals surface area contributed by atoms with Crippen molar-refractivity contribution in [3.63, 3.8) is 0 Å². The highest BCUT2D eigenvalue weighted by atomic mass is 16.5. The number of imide groups is 2. The average molecular weight is 422 g/mol. The normalized spacial score (nSPS) is 20.7. The number of hydrogen-bond donors (Lipinski definition) is 1. The van der Waals surface area contributed by atoms with Crippen LogP contribution in [0.2, 0.25) is 0 Å². The van der Waals surface area contributed by atoms with E-state index >= 15 is 0 Å². The predicted octanol–water partition coefficient (Wildman–Crippen LogP) is 2.29. The molecule has 0 bridgehead atoms. The van der Waals surface area contributed by atoms with Crippen LogP contribution in [0.25, 0.3) is 0 Å². The predicted molar refractivity (Wildman–Crippen MR) is 112 cm³/mol. The van der Waals surface area contributed by atoms with E-state index in [2.05, 4.69) is 15.3 Å². The van der Waals surface area contributed by atoms with Crippen LogP contribution in [0.3, 0.4) is 0 Å². The van der Waals surface area contributed by atoms with Gasteiger partial charge in [0.1, 0.15) is 5.41 Å². The van der Waals surface area contributed by atoms with E-state index in [1.165, 1.54) is 4.90 Å². The monoisotopic (exact) mass is 422 g/mol. The van der Waals surface area contributed by atoms with Gasteiger partial charge < -0.3 is 4.74 Å². The number of aromatic nitrogens is 2. The highest BCUT2D eigenvalue weighted by Crippen LogP contribution is 2.36. The first kappa shape index (κ1) is 21.1. The van der Waals surface area contributed by atoms with Crippen LogP contribution in [-0.4, -0.2) is 52.0 Å². The number of pyridine rings is 2. The fourth-order valence-electron chi connectivity index (χ4n) is 4.27. The summed E-state index contributed by atoms with van der Waals surface area (Å²) in [7, 11) is 0. The number of aryl methyl sites for hydroxylation is 2. The Balaban J connectivity index is 1.60. The van der Waals surface area contributed by atoms with E-state index in [1.807, 2.05) is 24.3 Å². The third-order valence-electron chi connectivity index (χ3n) is 6.14. The standard InChI is InChI=1S/C23H26N4O4/c28-20-23(9-3-17-5-11-24-12-6-17,10-4-18-7-13-25-14-8-18)21(29)27(22(30)26-20)16-19-2-1-15-31-19/h5-8,11-14,19H,1-4,9-10,15-16H2,(H,26,28,30). The van der Waals surface area contributed by atoms with Crippen molar-refractivity contribution in [2.75, 3.05) is 13.2 Å². The van der Waals surface area contributed by atoms with Crippen LogP contribution >= 0.6 is 0 Å². The molecule has 2 aromatic rings. The molecule has 0 saturated carbocycles. The molecule has 31 heavy (non-hydrogen) atoms. The van der Waals surface area contributed by atoms with E-state index in [4.69, 9.17) is 4.74 Å². The first-order valence-electron chi connectivity index (χ1n) is 10.7. The number of ether oxygens (including phenoxy) is 1. The summed E-state index contributed by atoms with van der Waals surface area (Å²) in [6, 6.07) is 6.83. The quantitative estimate of drug-likeness (QED) is 0.655. The zero-order chi connectivity index (χ0) is 21.7. The Kier molecular flexibility index (Phi) is 6.36. The van der Waals surface area contributed by atoms with Crippen molar-refractivity contribution < 1.29 is 19.1 Å². The Labute approximate surface area is 181 Å². The van der Waals surface area contributed by atoms with Gasteiger partial charge in [0.2, 0.25) is 11.8 Å². The maximum atomic E-state index is 13.7. The van der Waals surface area contributed by atoms with Crippen LogP contribution < -0.4 is 5.32 Å². The van der Waals surface area contributed by atoms with Gasteiger partial charge >= 0.3 is 6.03 Å². The summed E-state index contributed by atoms with van der Waals surface area (Å²) in [5.74, 6) is -0.950. The van der Waals surface area contributed by atoms with E-state index < -0.39 is 23.3 Å². The molecule has 2 saturated heterocycles. The zero-order valence-corrected chi connectivity index (χ0v) is 17.3. The maximum absolute atomic E-state index is 13.7. The Morgan fingerprint density at radius 3 is 2.06 bits per heavy atom. The lowest BCUT2D eigenvalue weighted by molar-refractivity contribution is -0.153. The van der Waals surface area contributed by atoms with Gasteiger partial charge in [-0.25, -0.2) is 4.79 Å². The molecule has 2 aliphatic rings. The second-order valence-electron chi connectivity index (χ2n) is 8.10. The van der Waals surface area contributed by atoms with Crippen molar-refractivity contribution in [3.05, 3.63) is 60.2 Å². The van der Waals surface area contributed by atoms with Crippen molar-refractivity contribution in [2.45, 2.75) is 44.6 Å². The smallest absolute Gasteiger partial charge is 0.330 e. The average Bonchev–Trinajstić information content (AvgIpc) is 3.31. The van der Waals surface area contributed by atoms with E-state index in [9.17, 15) is 14.4 Å². The van der Waals surface area contributed by atoms with E-state index in [1.54, 1.807) is 24.8 Å².